The van der Waals surface area contributed by atoms with Crippen molar-refractivity contribution >= 4 is 17.5 Å². The average molecular weight is 254 g/mol. The molecule has 0 aromatic heterocycles. The van der Waals surface area contributed by atoms with Crippen LogP contribution in [0.3, 0.4) is 0 Å². The Morgan fingerprint density at radius 1 is 1.53 bits per heavy atom. The molecule has 0 aliphatic carbocycles. The zero-order chi connectivity index (χ0) is 12.3. The van der Waals surface area contributed by atoms with E-state index in [9.17, 15) is 4.79 Å². The highest BCUT2D eigenvalue weighted by Crippen LogP contribution is 2.36. The van der Waals surface area contributed by atoms with Crippen molar-refractivity contribution in [2.75, 3.05) is 13.2 Å². The summed E-state index contributed by atoms with van der Waals surface area (Å²) < 4.78 is 10.9. The van der Waals surface area contributed by atoms with Crippen molar-refractivity contribution in [3.63, 3.8) is 0 Å². The van der Waals surface area contributed by atoms with Gasteiger partial charge in [-0.25, -0.2) is 0 Å². The van der Waals surface area contributed by atoms with E-state index in [-0.39, 0.29) is 6.61 Å². The monoisotopic (exact) mass is 253 g/mol. The molecule has 2 rings (SSSR count). The maximum absolute atomic E-state index is 11.8. The molecule has 1 heterocycles. The minimum absolute atomic E-state index is 0.0332. The number of carbonyl (C=O) groups is 1. The molecule has 1 atom stereocenters. The van der Waals surface area contributed by atoms with Gasteiger partial charge in [0.05, 0.1) is 0 Å². The van der Waals surface area contributed by atoms with Crippen LogP contribution in [0.15, 0.2) is 36.9 Å². The summed E-state index contributed by atoms with van der Waals surface area (Å²) in [5.41, 5.74) is 0. The standard InChI is InChI=1S/C12H12ClNO3/c1-2-7-14-11(15)12(13)8-16-9-5-3-4-6-10(9)17-12/h2-6H,1,7-8H2,(H,14,15). The Morgan fingerprint density at radius 2 is 2.24 bits per heavy atom. The molecule has 1 amide bonds. The molecule has 17 heavy (non-hydrogen) atoms. The number of hydrogen-bond acceptors (Lipinski definition) is 3. The number of rotatable bonds is 3. The van der Waals surface area contributed by atoms with Crippen molar-refractivity contribution in [3.8, 4) is 11.5 Å². The second-order valence-electron chi connectivity index (χ2n) is 3.56. The summed E-state index contributed by atoms with van der Waals surface area (Å²) in [5, 5.41) is 1.06. The van der Waals surface area contributed by atoms with Gasteiger partial charge in [-0.3, -0.25) is 4.79 Å². The first kappa shape index (κ1) is 11.8. The van der Waals surface area contributed by atoms with Crippen molar-refractivity contribution < 1.29 is 14.3 Å². The molecule has 1 aliphatic heterocycles. The van der Waals surface area contributed by atoms with Gasteiger partial charge in [0.1, 0.15) is 0 Å². The number of nitrogens with one attached hydrogen (secondary N) is 1. The Bertz CT molecular complexity index is 449. The van der Waals surface area contributed by atoms with E-state index in [4.69, 9.17) is 21.1 Å². The molecular weight excluding hydrogens is 242 g/mol. The first-order valence-electron chi connectivity index (χ1n) is 5.15. The topological polar surface area (TPSA) is 47.6 Å². The lowest BCUT2D eigenvalue weighted by Crippen LogP contribution is -2.52. The molecule has 0 bridgehead atoms. The van der Waals surface area contributed by atoms with Crippen molar-refractivity contribution in [1.29, 1.82) is 0 Å². The normalized spacial score (nSPS) is 21.7. The predicted molar refractivity (Wildman–Crippen MR) is 64.4 cm³/mol. The fourth-order valence-electron chi connectivity index (χ4n) is 1.44. The third-order valence-corrected chi connectivity index (χ3v) is 2.64. The average Bonchev–Trinajstić information content (AvgIpc) is 2.35. The quantitative estimate of drug-likeness (QED) is 0.659. The van der Waals surface area contributed by atoms with Gasteiger partial charge < -0.3 is 14.8 Å². The number of benzene rings is 1. The summed E-state index contributed by atoms with van der Waals surface area (Å²) in [6, 6.07) is 7.06. The van der Waals surface area contributed by atoms with Gasteiger partial charge in [-0.1, -0.05) is 29.8 Å². The molecule has 1 aromatic rings. The van der Waals surface area contributed by atoms with Gasteiger partial charge in [0.25, 0.3) is 11.0 Å². The summed E-state index contributed by atoms with van der Waals surface area (Å²) in [5.74, 6) is 0.608. The maximum Gasteiger partial charge on any atom is 0.294 e. The van der Waals surface area contributed by atoms with Crippen LogP contribution in [0.1, 0.15) is 0 Å². The van der Waals surface area contributed by atoms with Gasteiger partial charge in [-0.2, -0.15) is 0 Å². The number of fused-ring (bicyclic) bond motifs is 1. The SMILES string of the molecule is C=CCNC(=O)C1(Cl)COc2ccccc2O1. The Balaban J connectivity index is 2.14. The molecule has 0 radical (unpaired) electrons. The maximum atomic E-state index is 11.8. The van der Waals surface area contributed by atoms with Crippen LogP contribution in [0, 0.1) is 0 Å². The lowest BCUT2D eigenvalue weighted by molar-refractivity contribution is -0.133. The highest BCUT2D eigenvalue weighted by molar-refractivity contribution is 6.34. The van der Waals surface area contributed by atoms with Gasteiger partial charge in [0, 0.05) is 6.54 Å². The van der Waals surface area contributed by atoms with Crippen molar-refractivity contribution in [3.05, 3.63) is 36.9 Å². The fourth-order valence-corrected chi connectivity index (χ4v) is 1.64. The van der Waals surface area contributed by atoms with E-state index in [1.807, 2.05) is 6.07 Å². The Labute approximate surface area is 104 Å². The number of amides is 1. The van der Waals surface area contributed by atoms with Crippen molar-refractivity contribution in [2.24, 2.45) is 0 Å². The van der Waals surface area contributed by atoms with E-state index in [1.165, 1.54) is 0 Å². The Morgan fingerprint density at radius 3 is 2.94 bits per heavy atom. The van der Waals surface area contributed by atoms with E-state index in [1.54, 1.807) is 24.3 Å². The number of alkyl halides is 1. The van der Waals surface area contributed by atoms with Crippen molar-refractivity contribution in [1.82, 2.24) is 5.32 Å². The number of halogens is 1. The molecular formula is C12H12ClNO3. The van der Waals surface area contributed by atoms with Crippen LogP contribution in [0.25, 0.3) is 0 Å². The third kappa shape index (κ3) is 2.36. The second kappa shape index (κ2) is 4.67. The van der Waals surface area contributed by atoms with Crippen LogP contribution in [0.5, 0.6) is 11.5 Å². The Hall–Kier alpha value is -1.68. The lowest BCUT2D eigenvalue weighted by Gasteiger charge is -2.31. The van der Waals surface area contributed by atoms with Crippen LogP contribution in [-0.2, 0) is 4.79 Å². The lowest BCUT2D eigenvalue weighted by atomic mass is 10.2. The number of para-hydroxylation sites is 2. The van der Waals surface area contributed by atoms with Gasteiger partial charge >= 0.3 is 0 Å². The molecule has 1 N–H and O–H groups in total. The summed E-state index contributed by atoms with van der Waals surface area (Å²) in [4.78, 5) is 11.8. The van der Waals surface area contributed by atoms with E-state index >= 15 is 0 Å². The zero-order valence-corrected chi connectivity index (χ0v) is 9.87. The largest absolute Gasteiger partial charge is 0.484 e. The molecule has 1 aliphatic rings. The highest BCUT2D eigenvalue weighted by atomic mass is 35.5. The van der Waals surface area contributed by atoms with Gasteiger partial charge in [0.2, 0.25) is 0 Å². The van der Waals surface area contributed by atoms with Crippen LogP contribution in [-0.4, -0.2) is 24.1 Å². The van der Waals surface area contributed by atoms with E-state index in [0.717, 1.165) is 0 Å². The van der Waals surface area contributed by atoms with Gasteiger partial charge in [-0.05, 0) is 12.1 Å². The van der Waals surface area contributed by atoms with E-state index in [0.29, 0.717) is 18.0 Å². The molecule has 1 aromatic carbocycles. The highest BCUT2D eigenvalue weighted by Gasteiger charge is 2.43. The molecule has 4 nitrogen and oxygen atoms in total. The summed E-state index contributed by atoms with van der Waals surface area (Å²) in [6.45, 7) is 3.81. The Kier molecular flexibility index (Phi) is 3.24. The van der Waals surface area contributed by atoms with E-state index < -0.39 is 11.0 Å². The summed E-state index contributed by atoms with van der Waals surface area (Å²) in [7, 11) is 0. The van der Waals surface area contributed by atoms with Crippen LogP contribution in [0.4, 0.5) is 0 Å². The molecule has 1 unspecified atom stereocenters. The molecule has 0 saturated heterocycles. The molecule has 0 saturated carbocycles. The van der Waals surface area contributed by atoms with Crippen LogP contribution in [0.2, 0.25) is 0 Å². The van der Waals surface area contributed by atoms with Gasteiger partial charge in [-0.15, -0.1) is 6.58 Å². The minimum atomic E-state index is -1.52. The molecule has 5 heteroatoms. The molecule has 0 fully saturated rings. The summed E-state index contributed by atoms with van der Waals surface area (Å²) >= 11 is 6.10. The first-order valence-corrected chi connectivity index (χ1v) is 5.52. The van der Waals surface area contributed by atoms with Crippen molar-refractivity contribution in [2.45, 2.75) is 5.06 Å². The third-order valence-electron chi connectivity index (χ3n) is 2.28. The molecule has 90 valence electrons. The predicted octanol–water partition coefficient (Wildman–Crippen LogP) is 1.70. The van der Waals surface area contributed by atoms with Crippen LogP contribution < -0.4 is 14.8 Å². The summed E-state index contributed by atoms with van der Waals surface area (Å²) in [6.07, 6.45) is 1.57. The second-order valence-corrected chi connectivity index (χ2v) is 4.18. The number of carbonyl (C=O) groups excluding carboxylic acids is 1. The minimum Gasteiger partial charge on any atom is -0.484 e. The number of hydrogen-bond donors (Lipinski definition) is 1. The zero-order valence-electron chi connectivity index (χ0n) is 9.11. The smallest absolute Gasteiger partial charge is 0.294 e. The van der Waals surface area contributed by atoms with E-state index in [2.05, 4.69) is 11.9 Å². The number of ether oxygens (including phenoxy) is 2. The van der Waals surface area contributed by atoms with Gasteiger partial charge in [0.15, 0.2) is 18.1 Å². The molecule has 0 spiro atoms. The van der Waals surface area contributed by atoms with Crippen LogP contribution >= 0.6 is 11.6 Å². The fraction of sp³-hybridized carbons (Fsp3) is 0.250. The first-order chi connectivity index (χ1) is 8.15.